The highest BCUT2D eigenvalue weighted by Crippen LogP contribution is 2.41. The second-order valence-corrected chi connectivity index (χ2v) is 7.23. The van der Waals surface area contributed by atoms with E-state index < -0.39 is 0 Å². The summed E-state index contributed by atoms with van der Waals surface area (Å²) in [6.45, 7) is 6.68. The average Bonchev–Trinajstić information content (AvgIpc) is 2.78. The topological polar surface area (TPSA) is 15.6 Å². The largest absolute Gasteiger partial charge is 0.277 e. The van der Waals surface area contributed by atoms with Crippen molar-refractivity contribution in [1.29, 1.82) is 0 Å². The molecule has 0 aromatic heterocycles. The monoisotopic (exact) mass is 248 g/mol. The maximum Gasteiger partial charge on any atom is 0.131 e. The molecule has 0 radical (unpaired) electrons. The number of hydrogen-bond donors (Lipinski definition) is 0. The first-order valence-electron chi connectivity index (χ1n) is 6.98. The molecule has 94 valence electrons. The minimum Gasteiger partial charge on any atom is -0.277 e. The minimum atomic E-state index is -0.0181. The second kappa shape index (κ2) is 5.78. The van der Waals surface area contributed by atoms with E-state index in [4.69, 9.17) is 4.99 Å². The zero-order valence-corrected chi connectivity index (χ0v) is 12.5. The molecule has 2 heterocycles. The summed E-state index contributed by atoms with van der Waals surface area (Å²) in [7, 11) is 0.0443. The Kier molecular flexibility index (Phi) is 4.34. The van der Waals surface area contributed by atoms with Crippen LogP contribution < -0.4 is 0 Å². The first-order valence-corrected chi connectivity index (χ1v) is 8.80. The maximum atomic E-state index is 4.94. The lowest BCUT2D eigenvalue weighted by Crippen LogP contribution is -2.49. The molecule has 2 aliphatic heterocycles. The molecule has 0 aliphatic carbocycles. The summed E-state index contributed by atoms with van der Waals surface area (Å²) in [5, 5.41) is 0. The molecule has 0 aromatic carbocycles. The van der Waals surface area contributed by atoms with Gasteiger partial charge in [0.15, 0.2) is 0 Å². The fourth-order valence-corrected chi connectivity index (χ4v) is 5.86. The highest BCUT2D eigenvalue weighted by atomic mass is 28.2. The Balaban J connectivity index is 2.33. The second-order valence-electron chi connectivity index (χ2n) is 4.96. The van der Waals surface area contributed by atoms with Crippen LogP contribution in [0.1, 0.15) is 26.7 Å². The fourth-order valence-electron chi connectivity index (χ4n) is 3.28. The van der Waals surface area contributed by atoms with E-state index in [9.17, 15) is 0 Å². The van der Waals surface area contributed by atoms with Gasteiger partial charge in [0, 0.05) is 15.7 Å². The summed E-state index contributed by atoms with van der Waals surface area (Å²) < 4.78 is 0. The van der Waals surface area contributed by atoms with Gasteiger partial charge in [-0.05, 0) is 37.2 Å². The van der Waals surface area contributed by atoms with Crippen molar-refractivity contribution in [3.8, 4) is 0 Å². The molecule has 0 N–H and O–H groups in total. The van der Waals surface area contributed by atoms with Crippen molar-refractivity contribution in [2.45, 2.75) is 43.9 Å². The van der Waals surface area contributed by atoms with Gasteiger partial charge in [-0.15, -0.1) is 0 Å². The summed E-state index contributed by atoms with van der Waals surface area (Å²) in [5.41, 5.74) is 0.810. The van der Waals surface area contributed by atoms with Gasteiger partial charge in [0.2, 0.25) is 0 Å². The van der Waals surface area contributed by atoms with E-state index in [0.29, 0.717) is 0 Å². The maximum absolute atomic E-state index is 4.94. The molecule has 3 heteroatoms. The zero-order chi connectivity index (χ0) is 12.1. The molecule has 0 saturated carbocycles. The van der Waals surface area contributed by atoms with Gasteiger partial charge in [0.25, 0.3) is 0 Å². The standard InChI is InChI=1S/C14H24N2Si/c1-3-16(4-2)14(13-9-8-12-17-13)10-6-5-7-11-15-14/h5-7,10-11,13H,3-4,8-9,12,17H2,1-2H3. The fraction of sp³-hybridized carbons (Fsp3) is 0.643. The number of likely N-dealkylation sites (N-methyl/N-ethyl adjacent to an activating group) is 1. The van der Waals surface area contributed by atoms with Gasteiger partial charge in [-0.1, -0.05) is 38.5 Å². The van der Waals surface area contributed by atoms with E-state index in [-0.39, 0.29) is 15.2 Å². The van der Waals surface area contributed by atoms with Crippen LogP contribution in [-0.2, 0) is 0 Å². The summed E-state index contributed by atoms with van der Waals surface area (Å²) in [4.78, 5) is 7.48. The van der Waals surface area contributed by atoms with E-state index in [0.717, 1.165) is 18.6 Å². The minimum absolute atomic E-state index is 0.0181. The van der Waals surface area contributed by atoms with Crippen LogP contribution in [-0.4, -0.2) is 39.4 Å². The molecule has 0 aromatic rings. The van der Waals surface area contributed by atoms with Crippen LogP contribution in [0.3, 0.4) is 0 Å². The molecule has 0 bridgehead atoms. The van der Waals surface area contributed by atoms with E-state index in [1.807, 2.05) is 6.21 Å². The van der Waals surface area contributed by atoms with E-state index in [2.05, 4.69) is 43.1 Å². The quantitative estimate of drug-likeness (QED) is 0.698. The molecular weight excluding hydrogens is 224 g/mol. The highest BCUT2D eigenvalue weighted by Gasteiger charge is 2.41. The molecule has 0 amide bonds. The Morgan fingerprint density at radius 2 is 2.12 bits per heavy atom. The van der Waals surface area contributed by atoms with Crippen molar-refractivity contribution >= 4 is 15.7 Å². The van der Waals surface area contributed by atoms with E-state index >= 15 is 0 Å². The van der Waals surface area contributed by atoms with E-state index in [1.54, 1.807) is 0 Å². The molecule has 17 heavy (non-hydrogen) atoms. The first kappa shape index (κ1) is 12.8. The lowest BCUT2D eigenvalue weighted by molar-refractivity contribution is 0.144. The van der Waals surface area contributed by atoms with Crippen LogP contribution in [0.15, 0.2) is 29.3 Å². The van der Waals surface area contributed by atoms with Gasteiger partial charge in [0.1, 0.15) is 5.66 Å². The molecule has 2 atom stereocenters. The van der Waals surface area contributed by atoms with Crippen LogP contribution >= 0.6 is 0 Å². The van der Waals surface area contributed by atoms with Gasteiger partial charge in [0.05, 0.1) is 0 Å². The summed E-state index contributed by atoms with van der Waals surface area (Å²) >= 11 is 0. The number of nitrogens with zero attached hydrogens (tertiary/aromatic N) is 2. The number of hydrogen-bond acceptors (Lipinski definition) is 2. The van der Waals surface area contributed by atoms with Gasteiger partial charge >= 0.3 is 0 Å². The van der Waals surface area contributed by atoms with Crippen LogP contribution in [0.5, 0.6) is 0 Å². The average molecular weight is 248 g/mol. The van der Waals surface area contributed by atoms with Crippen LogP contribution in [0.4, 0.5) is 0 Å². The molecule has 2 aliphatic rings. The Morgan fingerprint density at radius 3 is 2.76 bits per heavy atom. The Morgan fingerprint density at radius 1 is 1.29 bits per heavy atom. The zero-order valence-electron chi connectivity index (χ0n) is 11.1. The van der Waals surface area contributed by atoms with Crippen LogP contribution in [0, 0.1) is 0 Å². The predicted molar refractivity (Wildman–Crippen MR) is 78.8 cm³/mol. The van der Waals surface area contributed by atoms with Crippen molar-refractivity contribution in [3.63, 3.8) is 0 Å². The number of aliphatic imine (C=N–C) groups is 1. The van der Waals surface area contributed by atoms with Gasteiger partial charge < -0.3 is 0 Å². The molecular formula is C14H24N2Si. The van der Waals surface area contributed by atoms with E-state index in [1.165, 1.54) is 18.9 Å². The van der Waals surface area contributed by atoms with Crippen LogP contribution in [0.2, 0.25) is 11.6 Å². The lowest BCUT2D eigenvalue weighted by atomic mass is 9.99. The molecule has 2 rings (SSSR count). The lowest BCUT2D eigenvalue weighted by Gasteiger charge is -2.42. The van der Waals surface area contributed by atoms with Gasteiger partial charge in [-0.25, -0.2) is 0 Å². The Bertz CT molecular complexity index is 303. The third-order valence-electron chi connectivity index (χ3n) is 4.16. The number of rotatable bonds is 4. The normalized spacial score (nSPS) is 33.7. The molecule has 1 saturated heterocycles. The number of allylic oxidation sites excluding steroid dienone is 3. The Labute approximate surface area is 107 Å². The SMILES string of the molecule is CCN(CC)C1(C2CCC[SiH2]2)C=CC=CC=N1. The first-order chi connectivity index (χ1) is 8.33. The third-order valence-corrected chi connectivity index (χ3v) is 6.77. The summed E-state index contributed by atoms with van der Waals surface area (Å²) in [5.74, 6) is 0. The molecule has 2 nitrogen and oxygen atoms in total. The molecule has 1 fully saturated rings. The van der Waals surface area contributed by atoms with Gasteiger partial charge in [-0.2, -0.15) is 0 Å². The molecule has 0 spiro atoms. The third kappa shape index (κ3) is 2.45. The predicted octanol–water partition coefficient (Wildman–Crippen LogP) is 2.39. The van der Waals surface area contributed by atoms with Crippen LogP contribution in [0.25, 0.3) is 0 Å². The molecule has 2 unspecified atom stereocenters. The summed E-state index contributed by atoms with van der Waals surface area (Å²) in [6, 6.07) is 1.50. The van der Waals surface area contributed by atoms with Crippen molar-refractivity contribution in [2.75, 3.05) is 13.1 Å². The van der Waals surface area contributed by atoms with Crippen molar-refractivity contribution < 1.29 is 0 Å². The highest BCUT2D eigenvalue weighted by molar-refractivity contribution is 6.39. The summed E-state index contributed by atoms with van der Waals surface area (Å²) in [6.07, 6.45) is 13.5. The van der Waals surface area contributed by atoms with Crippen molar-refractivity contribution in [2.24, 2.45) is 4.99 Å². The van der Waals surface area contributed by atoms with Crippen molar-refractivity contribution in [3.05, 3.63) is 24.3 Å². The smallest absolute Gasteiger partial charge is 0.131 e. The van der Waals surface area contributed by atoms with Gasteiger partial charge in [-0.3, -0.25) is 9.89 Å². The Hall–Kier alpha value is -0.673. The van der Waals surface area contributed by atoms with Crippen molar-refractivity contribution in [1.82, 2.24) is 4.90 Å².